The number of methoxy groups -OCH3 is 3. The van der Waals surface area contributed by atoms with E-state index in [0.717, 1.165) is 12.8 Å². The molecule has 0 unspecified atom stereocenters. The number of ether oxygens (including phenoxy) is 3. The van der Waals surface area contributed by atoms with Crippen LogP contribution in [-0.2, 0) is 19.5 Å². The van der Waals surface area contributed by atoms with Crippen LogP contribution in [0, 0.1) is 5.92 Å². The Kier molecular flexibility index (Phi) is 8.13. The first-order valence-electron chi connectivity index (χ1n) is 10.9. The van der Waals surface area contributed by atoms with Gasteiger partial charge < -0.3 is 19.5 Å². The molecule has 0 saturated carbocycles. The van der Waals surface area contributed by atoms with Crippen molar-refractivity contribution in [2.45, 2.75) is 24.7 Å². The zero-order valence-corrected chi connectivity index (χ0v) is 20.8. The van der Waals surface area contributed by atoms with Gasteiger partial charge in [-0.2, -0.15) is 4.31 Å². The second kappa shape index (κ2) is 10.9. The molecule has 0 spiro atoms. The second-order valence-corrected chi connectivity index (χ2v) is 10.1. The van der Waals surface area contributed by atoms with Gasteiger partial charge in [0.25, 0.3) is 5.91 Å². The molecule has 2 aromatic carbocycles. The van der Waals surface area contributed by atoms with E-state index < -0.39 is 27.9 Å². The Morgan fingerprint density at radius 2 is 1.57 bits per heavy atom. The monoisotopic (exact) mass is 504 g/mol. The predicted molar refractivity (Wildman–Crippen MR) is 127 cm³/mol. The molecule has 0 bridgehead atoms. The maximum atomic E-state index is 13.2. The molecule has 0 atom stereocenters. The van der Waals surface area contributed by atoms with Crippen molar-refractivity contribution in [1.29, 1.82) is 0 Å². The predicted octanol–water partition coefficient (Wildman–Crippen LogP) is 2.94. The fourth-order valence-electron chi connectivity index (χ4n) is 3.77. The summed E-state index contributed by atoms with van der Waals surface area (Å²) < 4.78 is 42.5. The third-order valence-corrected chi connectivity index (χ3v) is 7.78. The molecule has 1 fully saturated rings. The molecule has 1 aliphatic rings. The van der Waals surface area contributed by atoms with Crippen LogP contribution in [0.15, 0.2) is 41.3 Å². The Balaban J connectivity index is 1.99. The molecule has 1 saturated heterocycles. The number of rotatable bonds is 7. The number of amides is 1. The number of benzene rings is 2. The number of hydrogen-bond donors (Lipinski definition) is 1. The van der Waals surface area contributed by atoms with E-state index in [-0.39, 0.29) is 33.0 Å². The summed E-state index contributed by atoms with van der Waals surface area (Å²) in [5.41, 5.74) is 0.0278. The van der Waals surface area contributed by atoms with E-state index in [1.54, 1.807) is 0 Å². The van der Waals surface area contributed by atoms with Crippen LogP contribution in [-0.4, -0.2) is 65.0 Å². The molecule has 2 aromatic rings. The van der Waals surface area contributed by atoms with E-state index in [0.29, 0.717) is 19.0 Å². The van der Waals surface area contributed by atoms with Crippen molar-refractivity contribution in [2.75, 3.05) is 39.7 Å². The van der Waals surface area contributed by atoms with Crippen LogP contribution >= 0.6 is 0 Å². The molecule has 3 rings (SSSR count). The Labute approximate surface area is 204 Å². The Morgan fingerprint density at radius 1 is 0.914 bits per heavy atom. The molecule has 1 heterocycles. The summed E-state index contributed by atoms with van der Waals surface area (Å²) in [6.45, 7) is 2.89. The summed E-state index contributed by atoms with van der Waals surface area (Å²) in [5.74, 6) is -1.56. The Hall–Kier alpha value is -3.44. The highest BCUT2D eigenvalue weighted by atomic mass is 32.2. The molecular formula is C24H28N2O8S. The van der Waals surface area contributed by atoms with E-state index in [1.165, 1.54) is 62.0 Å². The van der Waals surface area contributed by atoms with Crippen LogP contribution in [0.4, 0.5) is 5.69 Å². The van der Waals surface area contributed by atoms with Gasteiger partial charge in [-0.05, 0) is 55.2 Å². The third kappa shape index (κ3) is 5.63. The average molecular weight is 505 g/mol. The fourth-order valence-corrected chi connectivity index (χ4v) is 5.27. The van der Waals surface area contributed by atoms with Crippen molar-refractivity contribution in [3.05, 3.63) is 53.1 Å². The SMILES string of the molecule is COC(=O)c1ccc(C(=O)OC)c(NC(=O)c2cc(S(=O)(=O)N3CCC(C)CC3)ccc2OC)c1. The molecule has 1 aliphatic heterocycles. The van der Waals surface area contributed by atoms with Gasteiger partial charge in [-0.15, -0.1) is 0 Å². The molecule has 11 heteroatoms. The van der Waals surface area contributed by atoms with Crippen LogP contribution in [0.2, 0.25) is 0 Å². The normalized spacial score (nSPS) is 14.7. The summed E-state index contributed by atoms with van der Waals surface area (Å²) in [6.07, 6.45) is 1.52. The van der Waals surface area contributed by atoms with E-state index in [1.807, 2.05) is 0 Å². The number of nitrogens with one attached hydrogen (secondary N) is 1. The second-order valence-electron chi connectivity index (χ2n) is 8.15. The van der Waals surface area contributed by atoms with E-state index in [4.69, 9.17) is 14.2 Å². The van der Waals surface area contributed by atoms with Crippen molar-refractivity contribution in [3.8, 4) is 5.75 Å². The van der Waals surface area contributed by atoms with E-state index in [2.05, 4.69) is 12.2 Å². The average Bonchev–Trinajstić information content (AvgIpc) is 2.87. The standard InChI is InChI=1S/C24H28N2O8S/c1-15-9-11-26(12-10-15)35(30,31)17-6-8-21(32-2)19(14-17)22(27)25-20-13-16(23(28)33-3)5-7-18(20)24(29)34-4/h5-8,13-15H,9-12H2,1-4H3,(H,25,27). The number of carbonyl (C=O) groups excluding carboxylic acids is 3. The highest BCUT2D eigenvalue weighted by Gasteiger charge is 2.29. The third-order valence-electron chi connectivity index (χ3n) is 5.89. The van der Waals surface area contributed by atoms with Gasteiger partial charge in [-0.3, -0.25) is 4.79 Å². The van der Waals surface area contributed by atoms with E-state index >= 15 is 0 Å². The van der Waals surface area contributed by atoms with Gasteiger partial charge in [0.2, 0.25) is 10.0 Å². The first-order chi connectivity index (χ1) is 16.6. The largest absolute Gasteiger partial charge is 0.496 e. The zero-order chi connectivity index (χ0) is 25.8. The van der Waals surface area contributed by atoms with E-state index in [9.17, 15) is 22.8 Å². The van der Waals surface area contributed by atoms with Gasteiger partial charge in [0, 0.05) is 13.1 Å². The van der Waals surface area contributed by atoms with Crippen LogP contribution in [0.1, 0.15) is 50.8 Å². The molecule has 0 aromatic heterocycles. The van der Waals surface area contributed by atoms with Crippen LogP contribution < -0.4 is 10.1 Å². The lowest BCUT2D eigenvalue weighted by Crippen LogP contribution is -2.38. The maximum absolute atomic E-state index is 13.2. The molecule has 1 amide bonds. The molecule has 0 aliphatic carbocycles. The Morgan fingerprint density at radius 3 is 2.17 bits per heavy atom. The van der Waals surface area contributed by atoms with Crippen molar-refractivity contribution in [2.24, 2.45) is 5.92 Å². The molecule has 35 heavy (non-hydrogen) atoms. The van der Waals surface area contributed by atoms with Crippen LogP contribution in [0.5, 0.6) is 5.75 Å². The summed E-state index contributed by atoms with van der Waals surface area (Å²) in [4.78, 5) is 37.4. The van der Waals surface area contributed by atoms with Gasteiger partial charge in [0.15, 0.2) is 0 Å². The Bertz CT molecular complexity index is 1230. The number of sulfonamides is 1. The minimum absolute atomic E-state index is 0.00122. The van der Waals surface area contributed by atoms with Crippen molar-refractivity contribution in [3.63, 3.8) is 0 Å². The molecule has 188 valence electrons. The van der Waals surface area contributed by atoms with Gasteiger partial charge in [0.1, 0.15) is 5.75 Å². The lowest BCUT2D eigenvalue weighted by Gasteiger charge is -2.29. The highest BCUT2D eigenvalue weighted by molar-refractivity contribution is 7.89. The van der Waals surface area contributed by atoms with Gasteiger partial charge in [-0.1, -0.05) is 6.92 Å². The van der Waals surface area contributed by atoms with Gasteiger partial charge >= 0.3 is 11.9 Å². The minimum atomic E-state index is -3.82. The molecular weight excluding hydrogens is 476 g/mol. The summed E-state index contributed by atoms with van der Waals surface area (Å²) in [5, 5.41) is 2.56. The number of esters is 2. The molecule has 1 N–H and O–H groups in total. The first-order valence-corrected chi connectivity index (χ1v) is 12.4. The topological polar surface area (TPSA) is 128 Å². The summed E-state index contributed by atoms with van der Waals surface area (Å²) >= 11 is 0. The molecule has 10 nitrogen and oxygen atoms in total. The number of piperidine rings is 1. The highest BCUT2D eigenvalue weighted by Crippen LogP contribution is 2.29. The number of carbonyl (C=O) groups is 3. The number of hydrogen-bond acceptors (Lipinski definition) is 8. The lowest BCUT2D eigenvalue weighted by atomic mass is 10.0. The van der Waals surface area contributed by atoms with Crippen molar-refractivity contribution < 1.29 is 37.0 Å². The summed E-state index contributed by atoms with van der Waals surface area (Å²) in [6, 6.07) is 7.99. The molecule has 0 radical (unpaired) electrons. The van der Waals surface area contributed by atoms with Crippen LogP contribution in [0.25, 0.3) is 0 Å². The maximum Gasteiger partial charge on any atom is 0.339 e. The lowest BCUT2D eigenvalue weighted by molar-refractivity contribution is 0.0587. The summed E-state index contributed by atoms with van der Waals surface area (Å²) in [7, 11) is -0.0881. The van der Waals surface area contributed by atoms with Crippen molar-refractivity contribution >= 4 is 33.6 Å². The fraction of sp³-hybridized carbons (Fsp3) is 0.375. The zero-order valence-electron chi connectivity index (χ0n) is 20.0. The van der Waals surface area contributed by atoms with Crippen molar-refractivity contribution in [1.82, 2.24) is 4.31 Å². The minimum Gasteiger partial charge on any atom is -0.496 e. The number of anilines is 1. The smallest absolute Gasteiger partial charge is 0.339 e. The first kappa shape index (κ1) is 26.2. The van der Waals surface area contributed by atoms with Gasteiger partial charge in [0.05, 0.1) is 48.6 Å². The van der Waals surface area contributed by atoms with Gasteiger partial charge in [-0.25, -0.2) is 18.0 Å². The quantitative estimate of drug-likeness (QED) is 0.570. The van der Waals surface area contributed by atoms with Crippen LogP contribution in [0.3, 0.4) is 0 Å². The number of nitrogens with zero attached hydrogens (tertiary/aromatic N) is 1.